The minimum Gasteiger partial charge on any atom is -0.344 e. The van der Waals surface area contributed by atoms with Gasteiger partial charge in [-0.25, -0.2) is 15.0 Å². The summed E-state index contributed by atoms with van der Waals surface area (Å²) in [4.78, 5) is 34.4. The molecule has 8 nitrogen and oxygen atoms in total. The van der Waals surface area contributed by atoms with Crippen LogP contribution in [0.25, 0.3) is 10.2 Å². The van der Waals surface area contributed by atoms with Crippen molar-refractivity contribution in [3.63, 3.8) is 0 Å². The van der Waals surface area contributed by atoms with Crippen molar-refractivity contribution in [3.05, 3.63) is 40.5 Å². The number of likely N-dealkylation sites (N-methyl/N-ethyl adjacent to an activating group) is 1. The van der Waals surface area contributed by atoms with E-state index in [1.807, 2.05) is 32.6 Å². The third-order valence-corrected chi connectivity index (χ3v) is 8.33. The molecule has 0 spiro atoms. The van der Waals surface area contributed by atoms with Crippen LogP contribution in [0.1, 0.15) is 59.3 Å². The first kappa shape index (κ1) is 24.1. The van der Waals surface area contributed by atoms with E-state index < -0.39 is 0 Å². The van der Waals surface area contributed by atoms with Crippen molar-refractivity contribution in [2.75, 3.05) is 52.1 Å². The van der Waals surface area contributed by atoms with Gasteiger partial charge in [-0.1, -0.05) is 25.8 Å². The van der Waals surface area contributed by atoms with Crippen LogP contribution < -0.4 is 5.32 Å². The minimum absolute atomic E-state index is 0.0535. The molecular formula is C26H35N7OS. The van der Waals surface area contributed by atoms with E-state index >= 15 is 0 Å². The third kappa shape index (κ3) is 5.32. The fourth-order valence-electron chi connectivity index (χ4n) is 5.15. The van der Waals surface area contributed by atoms with E-state index in [0.717, 1.165) is 78.6 Å². The fraction of sp³-hybridized carbons (Fsp3) is 0.538. The van der Waals surface area contributed by atoms with E-state index in [-0.39, 0.29) is 5.91 Å². The highest BCUT2D eigenvalue weighted by molar-refractivity contribution is 7.21. The summed E-state index contributed by atoms with van der Waals surface area (Å²) in [6, 6.07) is 4.13. The average molecular weight is 494 g/mol. The molecule has 0 aromatic carbocycles. The van der Waals surface area contributed by atoms with Crippen molar-refractivity contribution in [2.45, 2.75) is 45.1 Å². The first-order chi connectivity index (χ1) is 17.0. The largest absolute Gasteiger partial charge is 0.344 e. The van der Waals surface area contributed by atoms with Crippen LogP contribution in [-0.2, 0) is 6.54 Å². The number of amides is 1. The number of nitrogens with zero attached hydrogens (tertiary/aromatic N) is 6. The normalized spacial score (nSPS) is 17.8. The van der Waals surface area contributed by atoms with Crippen LogP contribution in [0.4, 0.5) is 11.8 Å². The number of hydrogen-bond donors (Lipinski definition) is 1. The summed E-state index contributed by atoms with van der Waals surface area (Å²) in [6.45, 7) is 8.75. The molecule has 0 radical (unpaired) electrons. The van der Waals surface area contributed by atoms with Gasteiger partial charge in [0.05, 0.1) is 21.3 Å². The second kappa shape index (κ2) is 10.6. The number of nitrogens with one attached hydrogen (secondary N) is 1. The van der Waals surface area contributed by atoms with Gasteiger partial charge in [-0.05, 0) is 36.9 Å². The Bertz CT molecular complexity index is 1160. The first-order valence-corrected chi connectivity index (χ1v) is 13.5. The number of pyridine rings is 1. The summed E-state index contributed by atoms with van der Waals surface area (Å²) in [7, 11) is 3.62. The van der Waals surface area contributed by atoms with Crippen molar-refractivity contribution in [2.24, 2.45) is 0 Å². The van der Waals surface area contributed by atoms with E-state index in [0.29, 0.717) is 11.9 Å². The van der Waals surface area contributed by atoms with Gasteiger partial charge in [0.1, 0.15) is 5.82 Å². The minimum atomic E-state index is 0.0535. The summed E-state index contributed by atoms with van der Waals surface area (Å²) in [5.41, 5.74) is 3.23. The van der Waals surface area contributed by atoms with Crippen molar-refractivity contribution < 1.29 is 4.79 Å². The van der Waals surface area contributed by atoms with Crippen molar-refractivity contribution in [1.82, 2.24) is 29.7 Å². The summed E-state index contributed by atoms with van der Waals surface area (Å²) in [5.74, 6) is 1.69. The molecule has 4 heterocycles. The molecule has 2 fully saturated rings. The number of thiophene rings is 1. The molecular weight excluding hydrogens is 458 g/mol. The molecule has 1 amide bonds. The van der Waals surface area contributed by atoms with E-state index in [4.69, 9.17) is 4.98 Å². The van der Waals surface area contributed by atoms with Crippen molar-refractivity contribution in [3.8, 4) is 0 Å². The van der Waals surface area contributed by atoms with Crippen LogP contribution in [0.3, 0.4) is 0 Å². The van der Waals surface area contributed by atoms with Gasteiger partial charge in [0, 0.05) is 58.6 Å². The van der Waals surface area contributed by atoms with E-state index in [9.17, 15) is 4.79 Å². The molecule has 0 bridgehead atoms. The first-order valence-electron chi connectivity index (χ1n) is 12.7. The number of anilines is 2. The Hall–Kier alpha value is -2.62. The zero-order valence-electron chi connectivity index (χ0n) is 21.0. The van der Waals surface area contributed by atoms with Gasteiger partial charge in [0.2, 0.25) is 5.95 Å². The van der Waals surface area contributed by atoms with Gasteiger partial charge in [-0.3, -0.25) is 9.69 Å². The molecule has 9 heteroatoms. The van der Waals surface area contributed by atoms with E-state index in [1.54, 1.807) is 4.90 Å². The van der Waals surface area contributed by atoms with Gasteiger partial charge >= 0.3 is 0 Å². The Kier molecular flexibility index (Phi) is 7.27. The molecule has 0 atom stereocenters. The number of carbonyl (C=O) groups is 1. The average Bonchev–Trinajstić information content (AvgIpc) is 3.53. The maximum absolute atomic E-state index is 12.9. The number of fused-ring (bicyclic) bond motifs is 1. The molecule has 3 aromatic rings. The predicted octanol–water partition coefficient (Wildman–Crippen LogP) is 4.33. The smallest absolute Gasteiger partial charge is 0.263 e. The lowest BCUT2D eigenvalue weighted by Crippen LogP contribution is -2.45. The molecule has 0 unspecified atom stereocenters. The molecule has 1 aliphatic heterocycles. The van der Waals surface area contributed by atoms with Gasteiger partial charge in [-0.2, -0.15) is 0 Å². The van der Waals surface area contributed by atoms with Gasteiger partial charge in [0.25, 0.3) is 5.91 Å². The predicted molar refractivity (Wildman–Crippen MR) is 142 cm³/mol. The second-order valence-electron chi connectivity index (χ2n) is 9.82. The highest BCUT2D eigenvalue weighted by Gasteiger charge is 2.29. The number of piperazine rings is 1. The van der Waals surface area contributed by atoms with Crippen molar-refractivity contribution in [1.29, 1.82) is 0 Å². The zero-order chi connectivity index (χ0) is 24.4. The monoisotopic (exact) mass is 493 g/mol. The molecule has 186 valence electrons. The third-order valence-electron chi connectivity index (χ3n) is 7.21. The molecule has 2 aliphatic rings. The maximum atomic E-state index is 12.9. The SMILES string of the molecule is CCN1CCN(Cc2ccc(Nc3ncc4sc(C(=O)N(C)C)c(C5CCCC5)c4n3)nc2)CC1. The molecule has 5 rings (SSSR count). The number of aromatic nitrogens is 3. The number of rotatable bonds is 7. The maximum Gasteiger partial charge on any atom is 0.263 e. The van der Waals surface area contributed by atoms with E-state index in [2.05, 4.69) is 38.1 Å². The van der Waals surface area contributed by atoms with Crippen molar-refractivity contribution >= 4 is 39.2 Å². The Labute approximate surface area is 211 Å². The van der Waals surface area contributed by atoms with Crippen LogP contribution in [0.2, 0.25) is 0 Å². The lowest BCUT2D eigenvalue weighted by atomic mass is 9.96. The number of hydrogen-bond acceptors (Lipinski definition) is 8. The molecule has 1 saturated carbocycles. The van der Waals surface area contributed by atoms with Gasteiger partial charge < -0.3 is 15.1 Å². The summed E-state index contributed by atoms with van der Waals surface area (Å²) < 4.78 is 0.967. The van der Waals surface area contributed by atoms with Crippen LogP contribution in [-0.4, -0.2) is 82.4 Å². The molecule has 1 N–H and O–H groups in total. The zero-order valence-corrected chi connectivity index (χ0v) is 21.8. The molecule has 3 aromatic heterocycles. The van der Waals surface area contributed by atoms with Crippen LogP contribution >= 0.6 is 11.3 Å². The van der Waals surface area contributed by atoms with Gasteiger partial charge in [0.15, 0.2) is 0 Å². The topological polar surface area (TPSA) is 77.5 Å². The fourth-order valence-corrected chi connectivity index (χ4v) is 6.38. The lowest BCUT2D eigenvalue weighted by molar-refractivity contribution is 0.0831. The van der Waals surface area contributed by atoms with Crippen LogP contribution in [0, 0.1) is 0 Å². The molecule has 35 heavy (non-hydrogen) atoms. The summed E-state index contributed by atoms with van der Waals surface area (Å²) >= 11 is 1.51. The summed E-state index contributed by atoms with van der Waals surface area (Å²) in [6.07, 6.45) is 8.42. The molecule has 1 saturated heterocycles. The Morgan fingerprint density at radius 2 is 1.83 bits per heavy atom. The standard InChI is InChI=1S/C26H35N7OS/c1-4-32-11-13-33(14-12-32)17-18-9-10-21(27-15-18)29-26-28-16-20-23(30-26)22(19-7-5-6-8-19)24(35-20)25(34)31(2)3/h9-10,15-16,19H,4-8,11-14,17H2,1-3H3,(H,27,28,29,30). The Balaban J connectivity index is 1.33. The van der Waals surface area contributed by atoms with Gasteiger partial charge in [-0.15, -0.1) is 11.3 Å². The molecule has 1 aliphatic carbocycles. The highest BCUT2D eigenvalue weighted by Crippen LogP contribution is 2.43. The highest BCUT2D eigenvalue weighted by atomic mass is 32.1. The summed E-state index contributed by atoms with van der Waals surface area (Å²) in [5, 5.41) is 3.28. The lowest BCUT2D eigenvalue weighted by Gasteiger charge is -2.33. The Morgan fingerprint density at radius 1 is 1.09 bits per heavy atom. The van der Waals surface area contributed by atoms with Crippen LogP contribution in [0.15, 0.2) is 24.5 Å². The Morgan fingerprint density at radius 3 is 2.49 bits per heavy atom. The van der Waals surface area contributed by atoms with Crippen LogP contribution in [0.5, 0.6) is 0 Å². The quantitative estimate of drug-likeness (QED) is 0.525. The second-order valence-corrected chi connectivity index (χ2v) is 10.9. The van der Waals surface area contributed by atoms with E-state index in [1.165, 1.54) is 29.7 Å². The number of carbonyl (C=O) groups excluding carboxylic acids is 1.